The third-order valence-electron chi connectivity index (χ3n) is 2.11. The van der Waals surface area contributed by atoms with Crippen LogP contribution in [0.4, 0.5) is 0 Å². The molecule has 1 aromatic rings. The van der Waals surface area contributed by atoms with E-state index in [1.165, 1.54) is 0 Å². The molecule has 1 aromatic carbocycles. The molecule has 0 aliphatic carbocycles. The van der Waals surface area contributed by atoms with E-state index >= 15 is 0 Å². The lowest BCUT2D eigenvalue weighted by atomic mass is 10.4. The molecule has 1 unspecified atom stereocenters. The fourth-order valence-electron chi connectivity index (χ4n) is 1.21. The largest absolute Gasteiger partial charge is 0.398 e. The van der Waals surface area contributed by atoms with Crippen LogP contribution in [0.3, 0.4) is 0 Å². The zero-order valence-electron chi connectivity index (χ0n) is 9.56. The van der Waals surface area contributed by atoms with Gasteiger partial charge < -0.3 is 8.64 Å². The molecule has 1 rings (SSSR count). The molecule has 84 valence electrons. The second-order valence-electron chi connectivity index (χ2n) is 3.88. The van der Waals surface area contributed by atoms with Crippen LogP contribution in [0.5, 0.6) is 0 Å². The van der Waals surface area contributed by atoms with Crippen LogP contribution in [0.25, 0.3) is 0 Å². The maximum atomic E-state index is 12.3. The number of hydrogen-bond acceptors (Lipinski definition) is 3. The highest BCUT2D eigenvalue weighted by atomic mass is 31.2. The molecule has 3 nitrogen and oxygen atoms in total. The Morgan fingerprint density at radius 3 is 2.20 bits per heavy atom. The zero-order chi connectivity index (χ0) is 11.5. The molecule has 0 bridgehead atoms. The lowest BCUT2D eigenvalue weighted by Crippen LogP contribution is -2.33. The predicted molar refractivity (Wildman–Crippen MR) is 65.2 cm³/mol. The van der Waals surface area contributed by atoms with Crippen molar-refractivity contribution in [3.63, 3.8) is 0 Å². The Morgan fingerprint density at radius 2 is 1.73 bits per heavy atom. The van der Waals surface area contributed by atoms with E-state index in [1.807, 2.05) is 43.4 Å². The standard InChI is InChI=1S/C10H17O3PSi/c1-12-15(3,4)13-14(2,11)10-8-6-5-7-9-10/h5-9H,1-4H3. The Bertz CT molecular complexity index is 364. The number of rotatable bonds is 4. The first-order valence-electron chi connectivity index (χ1n) is 4.76. The fourth-order valence-corrected chi connectivity index (χ4v) is 6.00. The molecule has 0 fully saturated rings. The Labute approximate surface area is 92.1 Å². The molecule has 15 heavy (non-hydrogen) atoms. The highest BCUT2D eigenvalue weighted by molar-refractivity contribution is 7.67. The molecule has 0 aliphatic heterocycles. The summed E-state index contributed by atoms with van der Waals surface area (Å²) >= 11 is 0. The summed E-state index contributed by atoms with van der Waals surface area (Å²) in [5.41, 5.74) is 0. The van der Waals surface area contributed by atoms with Crippen molar-refractivity contribution in [1.82, 2.24) is 0 Å². The number of benzene rings is 1. The van der Waals surface area contributed by atoms with E-state index in [0.29, 0.717) is 0 Å². The molecule has 0 heterocycles. The van der Waals surface area contributed by atoms with E-state index in [-0.39, 0.29) is 0 Å². The van der Waals surface area contributed by atoms with Gasteiger partial charge in [0.25, 0.3) is 0 Å². The van der Waals surface area contributed by atoms with Gasteiger partial charge in [0.2, 0.25) is 7.37 Å². The van der Waals surface area contributed by atoms with E-state index < -0.39 is 15.9 Å². The highest BCUT2D eigenvalue weighted by Crippen LogP contribution is 2.44. The van der Waals surface area contributed by atoms with E-state index in [9.17, 15) is 4.57 Å². The minimum Gasteiger partial charge on any atom is -0.398 e. The molecule has 0 amide bonds. The van der Waals surface area contributed by atoms with Gasteiger partial charge in [0, 0.05) is 19.1 Å². The van der Waals surface area contributed by atoms with Crippen molar-refractivity contribution in [3.05, 3.63) is 30.3 Å². The van der Waals surface area contributed by atoms with E-state index in [1.54, 1.807) is 13.8 Å². The monoisotopic (exact) mass is 244 g/mol. The van der Waals surface area contributed by atoms with E-state index in [2.05, 4.69) is 0 Å². The van der Waals surface area contributed by atoms with Crippen LogP contribution in [0.1, 0.15) is 0 Å². The normalized spacial score (nSPS) is 16.0. The van der Waals surface area contributed by atoms with Gasteiger partial charge in [-0.15, -0.1) is 0 Å². The topological polar surface area (TPSA) is 35.5 Å². The van der Waals surface area contributed by atoms with Crippen LogP contribution in [0, 0.1) is 0 Å². The van der Waals surface area contributed by atoms with Crippen molar-refractivity contribution < 1.29 is 13.2 Å². The van der Waals surface area contributed by atoms with Gasteiger partial charge in [0.15, 0.2) is 0 Å². The molecule has 0 N–H and O–H groups in total. The summed E-state index contributed by atoms with van der Waals surface area (Å²) in [5.74, 6) is 0. The molecule has 0 radical (unpaired) electrons. The van der Waals surface area contributed by atoms with Crippen LogP contribution < -0.4 is 5.30 Å². The Morgan fingerprint density at radius 1 is 1.20 bits per heavy atom. The van der Waals surface area contributed by atoms with Crippen LogP contribution in [-0.4, -0.2) is 22.3 Å². The van der Waals surface area contributed by atoms with Crippen molar-refractivity contribution in [2.24, 2.45) is 0 Å². The predicted octanol–water partition coefficient (Wildman–Crippen LogP) is 2.58. The van der Waals surface area contributed by atoms with Gasteiger partial charge in [-0.05, 0) is 25.2 Å². The summed E-state index contributed by atoms with van der Waals surface area (Å²) in [7, 11) is -3.41. The van der Waals surface area contributed by atoms with E-state index in [0.717, 1.165) is 5.30 Å². The van der Waals surface area contributed by atoms with Crippen molar-refractivity contribution in [2.45, 2.75) is 13.1 Å². The molecule has 0 saturated carbocycles. The van der Waals surface area contributed by atoms with Gasteiger partial charge in [0.05, 0.1) is 0 Å². The van der Waals surface area contributed by atoms with Gasteiger partial charge in [-0.3, -0.25) is 4.57 Å². The smallest absolute Gasteiger partial charge is 0.337 e. The molecule has 0 aliphatic rings. The van der Waals surface area contributed by atoms with Gasteiger partial charge in [-0.1, -0.05) is 18.2 Å². The van der Waals surface area contributed by atoms with E-state index in [4.69, 9.17) is 8.64 Å². The SMILES string of the molecule is CO[Si](C)(C)OP(C)(=O)c1ccccc1. The first kappa shape index (κ1) is 12.7. The van der Waals surface area contributed by atoms with Gasteiger partial charge in [0.1, 0.15) is 0 Å². The summed E-state index contributed by atoms with van der Waals surface area (Å²) in [6, 6.07) is 9.25. The molecule has 1 atom stereocenters. The third kappa shape index (κ3) is 3.58. The average Bonchev–Trinajstić information content (AvgIpc) is 2.18. The average molecular weight is 244 g/mol. The van der Waals surface area contributed by atoms with Crippen LogP contribution >= 0.6 is 7.37 Å². The van der Waals surface area contributed by atoms with Crippen molar-refractivity contribution in [3.8, 4) is 0 Å². The van der Waals surface area contributed by atoms with Gasteiger partial charge in [-0.25, -0.2) is 0 Å². The minimum absolute atomic E-state index is 0.739. The second kappa shape index (κ2) is 4.62. The maximum Gasteiger partial charge on any atom is 0.337 e. The lowest BCUT2D eigenvalue weighted by Gasteiger charge is -2.25. The molecule has 5 heteroatoms. The molecule has 0 saturated heterocycles. The summed E-state index contributed by atoms with van der Waals surface area (Å²) in [6.45, 7) is 5.40. The van der Waals surface area contributed by atoms with Crippen molar-refractivity contribution >= 4 is 21.2 Å². The first-order valence-corrected chi connectivity index (χ1v) is 9.65. The second-order valence-corrected chi connectivity index (χ2v) is 10.0. The molecule has 0 aromatic heterocycles. The van der Waals surface area contributed by atoms with Crippen LogP contribution in [0.2, 0.25) is 13.1 Å². The first-order chi connectivity index (χ1) is 6.87. The van der Waals surface area contributed by atoms with Gasteiger partial charge >= 0.3 is 8.56 Å². The zero-order valence-corrected chi connectivity index (χ0v) is 11.5. The molecular weight excluding hydrogens is 227 g/mol. The summed E-state index contributed by atoms with van der Waals surface area (Å²) in [4.78, 5) is 0. The number of hydrogen-bond donors (Lipinski definition) is 0. The third-order valence-corrected chi connectivity index (χ3v) is 7.48. The lowest BCUT2D eigenvalue weighted by molar-refractivity contribution is 0.316. The molecular formula is C10H17O3PSi. The quantitative estimate of drug-likeness (QED) is 0.603. The Kier molecular flexibility index (Phi) is 3.90. The highest BCUT2D eigenvalue weighted by Gasteiger charge is 2.32. The summed E-state index contributed by atoms with van der Waals surface area (Å²) in [6.07, 6.45) is 0. The van der Waals surface area contributed by atoms with Crippen LogP contribution in [-0.2, 0) is 13.2 Å². The maximum absolute atomic E-state index is 12.3. The Hall–Kier alpha value is -0.413. The minimum atomic E-state index is -2.75. The fraction of sp³-hybridized carbons (Fsp3) is 0.400. The Balaban J connectivity index is 2.90. The van der Waals surface area contributed by atoms with Gasteiger partial charge in [-0.2, -0.15) is 0 Å². The summed E-state index contributed by atoms with van der Waals surface area (Å²) in [5, 5.41) is 0.739. The van der Waals surface area contributed by atoms with Crippen molar-refractivity contribution in [2.75, 3.05) is 13.8 Å². The summed E-state index contributed by atoms with van der Waals surface area (Å²) < 4.78 is 23.2. The van der Waals surface area contributed by atoms with Crippen molar-refractivity contribution in [1.29, 1.82) is 0 Å². The van der Waals surface area contributed by atoms with Crippen LogP contribution in [0.15, 0.2) is 30.3 Å². The molecule has 0 spiro atoms.